The van der Waals surface area contributed by atoms with Gasteiger partial charge in [0.2, 0.25) is 5.95 Å². The summed E-state index contributed by atoms with van der Waals surface area (Å²) in [7, 11) is 2.16. The van der Waals surface area contributed by atoms with E-state index in [2.05, 4.69) is 66.1 Å². The minimum atomic E-state index is 0.699. The van der Waals surface area contributed by atoms with Gasteiger partial charge in [-0.25, -0.2) is 15.0 Å². The number of pyridine rings is 1. The highest BCUT2D eigenvalue weighted by molar-refractivity contribution is 5.97. The highest BCUT2D eigenvalue weighted by atomic mass is 15.3. The molecule has 162 valence electrons. The van der Waals surface area contributed by atoms with Crippen LogP contribution in [0.1, 0.15) is 12.0 Å². The number of aryl methyl sites for hydroxylation is 1. The third kappa shape index (κ3) is 4.09. The molecule has 0 spiro atoms. The summed E-state index contributed by atoms with van der Waals surface area (Å²) in [4.78, 5) is 27.1. The molecule has 5 rings (SSSR count). The minimum absolute atomic E-state index is 0.699. The monoisotopic (exact) mass is 426 g/mol. The van der Waals surface area contributed by atoms with Crippen LogP contribution >= 0.6 is 0 Å². The maximum Gasteiger partial charge on any atom is 0.225 e. The first-order valence-corrected chi connectivity index (χ1v) is 10.9. The molecule has 1 aromatic carbocycles. The van der Waals surface area contributed by atoms with Crippen molar-refractivity contribution in [2.75, 3.05) is 43.4 Å². The Labute approximate surface area is 187 Å². The van der Waals surface area contributed by atoms with Crippen LogP contribution in [0.4, 0.5) is 17.5 Å². The van der Waals surface area contributed by atoms with Crippen molar-refractivity contribution in [3.8, 4) is 11.1 Å². The van der Waals surface area contributed by atoms with Crippen molar-refractivity contribution in [2.45, 2.75) is 13.3 Å². The summed E-state index contributed by atoms with van der Waals surface area (Å²) in [6.07, 6.45) is 11.8. The molecule has 1 fully saturated rings. The van der Waals surface area contributed by atoms with Crippen LogP contribution in [0.2, 0.25) is 0 Å². The van der Waals surface area contributed by atoms with Crippen LogP contribution in [0.25, 0.3) is 22.0 Å². The van der Waals surface area contributed by atoms with E-state index in [9.17, 15) is 0 Å². The zero-order valence-corrected chi connectivity index (χ0v) is 18.4. The first-order chi connectivity index (χ1) is 15.7. The van der Waals surface area contributed by atoms with E-state index in [-0.39, 0.29) is 0 Å². The Kier molecular flexibility index (Phi) is 5.60. The first kappa shape index (κ1) is 20.3. The molecule has 4 aromatic rings. The van der Waals surface area contributed by atoms with Crippen LogP contribution in [-0.4, -0.2) is 63.0 Å². The van der Waals surface area contributed by atoms with Crippen LogP contribution < -0.4 is 10.2 Å². The molecule has 0 aliphatic carbocycles. The molecule has 0 unspecified atom stereocenters. The summed E-state index contributed by atoms with van der Waals surface area (Å²) in [6.45, 7) is 6.19. The second-order valence-corrected chi connectivity index (χ2v) is 8.12. The summed E-state index contributed by atoms with van der Waals surface area (Å²) in [5.74, 6) is 1.50. The number of nitrogens with one attached hydrogen (secondary N) is 1. The molecule has 0 saturated carbocycles. The lowest BCUT2D eigenvalue weighted by atomic mass is 9.99. The van der Waals surface area contributed by atoms with Gasteiger partial charge in [-0.2, -0.15) is 0 Å². The van der Waals surface area contributed by atoms with Gasteiger partial charge < -0.3 is 15.1 Å². The normalized spacial score (nSPS) is 15.0. The van der Waals surface area contributed by atoms with E-state index < -0.39 is 0 Å². The second kappa shape index (κ2) is 8.84. The Morgan fingerprint density at radius 2 is 1.72 bits per heavy atom. The third-order valence-corrected chi connectivity index (χ3v) is 5.94. The highest BCUT2D eigenvalue weighted by Gasteiger charge is 2.16. The number of likely N-dealkylation sites (N-methyl/N-ethyl adjacent to an activating group) is 1. The maximum atomic E-state index is 4.69. The fraction of sp³-hybridized carbons (Fsp3) is 0.292. The molecule has 32 heavy (non-hydrogen) atoms. The van der Waals surface area contributed by atoms with Crippen LogP contribution in [0.15, 0.2) is 55.4 Å². The zero-order valence-electron chi connectivity index (χ0n) is 18.4. The summed E-state index contributed by atoms with van der Waals surface area (Å²) in [5, 5.41) is 4.37. The summed E-state index contributed by atoms with van der Waals surface area (Å²) in [6, 6.07) is 6.15. The number of benzene rings is 1. The maximum absolute atomic E-state index is 4.69. The summed E-state index contributed by atoms with van der Waals surface area (Å²) >= 11 is 0. The first-order valence-electron chi connectivity index (χ1n) is 10.9. The molecule has 0 radical (unpaired) electrons. The molecular weight excluding hydrogens is 400 g/mol. The van der Waals surface area contributed by atoms with Gasteiger partial charge >= 0.3 is 0 Å². The molecule has 0 bridgehead atoms. The van der Waals surface area contributed by atoms with Gasteiger partial charge in [0.25, 0.3) is 0 Å². The molecule has 3 aromatic heterocycles. The average Bonchev–Trinajstić information content (AvgIpc) is 3.05. The predicted octanol–water partition coefficient (Wildman–Crippen LogP) is 3.68. The molecule has 1 aliphatic rings. The molecule has 1 saturated heterocycles. The van der Waals surface area contributed by atoms with Crippen molar-refractivity contribution in [1.82, 2.24) is 29.8 Å². The van der Waals surface area contributed by atoms with Crippen molar-refractivity contribution >= 4 is 28.4 Å². The van der Waals surface area contributed by atoms with E-state index >= 15 is 0 Å². The fourth-order valence-electron chi connectivity index (χ4n) is 4.15. The van der Waals surface area contributed by atoms with E-state index in [4.69, 9.17) is 0 Å². The third-order valence-electron chi connectivity index (χ3n) is 5.94. The summed E-state index contributed by atoms with van der Waals surface area (Å²) < 4.78 is 0. The van der Waals surface area contributed by atoms with Crippen LogP contribution in [0, 0.1) is 6.92 Å². The van der Waals surface area contributed by atoms with E-state index in [0.29, 0.717) is 5.82 Å². The quantitative estimate of drug-likeness (QED) is 0.529. The molecular formula is C24H26N8. The predicted molar refractivity (Wildman–Crippen MR) is 127 cm³/mol. The topological polar surface area (TPSA) is 83.0 Å². The van der Waals surface area contributed by atoms with E-state index in [1.807, 2.05) is 24.7 Å². The number of anilines is 3. The van der Waals surface area contributed by atoms with Crippen molar-refractivity contribution in [1.29, 1.82) is 0 Å². The van der Waals surface area contributed by atoms with Gasteiger partial charge in [0, 0.05) is 61.6 Å². The van der Waals surface area contributed by atoms with Gasteiger partial charge in [-0.3, -0.25) is 9.97 Å². The molecule has 0 amide bonds. The van der Waals surface area contributed by atoms with Crippen LogP contribution in [0.3, 0.4) is 0 Å². The van der Waals surface area contributed by atoms with Gasteiger partial charge in [-0.05, 0) is 44.1 Å². The fourth-order valence-corrected chi connectivity index (χ4v) is 4.15. The Morgan fingerprint density at radius 3 is 2.53 bits per heavy atom. The zero-order chi connectivity index (χ0) is 21.9. The number of hydrogen-bond donors (Lipinski definition) is 1. The highest BCUT2D eigenvalue weighted by Crippen LogP contribution is 2.32. The largest absolute Gasteiger partial charge is 0.339 e. The number of rotatable bonds is 4. The minimum Gasteiger partial charge on any atom is -0.339 e. The van der Waals surface area contributed by atoms with Gasteiger partial charge in [0.05, 0.1) is 17.4 Å². The van der Waals surface area contributed by atoms with E-state index in [1.54, 1.807) is 18.6 Å². The van der Waals surface area contributed by atoms with Gasteiger partial charge in [-0.1, -0.05) is 12.1 Å². The van der Waals surface area contributed by atoms with E-state index in [0.717, 1.165) is 71.8 Å². The van der Waals surface area contributed by atoms with Gasteiger partial charge in [0.1, 0.15) is 5.82 Å². The SMILES string of the molecule is Cc1c(-c2cnc(N3CCCN(C)CC3)nc2)ccc2c(Nc3cnccn3)ccnc12. The lowest BCUT2D eigenvalue weighted by Crippen LogP contribution is -2.30. The Hall–Kier alpha value is -3.65. The Morgan fingerprint density at radius 1 is 0.844 bits per heavy atom. The van der Waals surface area contributed by atoms with Crippen LogP contribution in [0.5, 0.6) is 0 Å². The van der Waals surface area contributed by atoms with Crippen molar-refractivity contribution < 1.29 is 0 Å². The molecule has 4 heterocycles. The lowest BCUT2D eigenvalue weighted by Gasteiger charge is -2.20. The lowest BCUT2D eigenvalue weighted by molar-refractivity contribution is 0.360. The van der Waals surface area contributed by atoms with Gasteiger partial charge in [-0.15, -0.1) is 0 Å². The smallest absolute Gasteiger partial charge is 0.225 e. The number of aromatic nitrogens is 5. The number of hydrogen-bond acceptors (Lipinski definition) is 8. The second-order valence-electron chi connectivity index (χ2n) is 8.12. The molecule has 0 atom stereocenters. The molecule has 8 nitrogen and oxygen atoms in total. The average molecular weight is 427 g/mol. The van der Waals surface area contributed by atoms with E-state index in [1.165, 1.54) is 0 Å². The van der Waals surface area contributed by atoms with Gasteiger partial charge in [0.15, 0.2) is 0 Å². The number of nitrogens with zero attached hydrogens (tertiary/aromatic N) is 7. The standard InChI is InChI=1S/C24H26N8/c1-17-19(18-14-28-24(29-15-18)32-11-3-10-31(2)12-13-32)4-5-20-21(6-7-27-23(17)20)30-22-16-25-8-9-26-22/h4-9,14-16H,3,10-13H2,1-2H3,(H,26,27,30). The van der Waals surface area contributed by atoms with Crippen molar-refractivity contribution in [3.63, 3.8) is 0 Å². The van der Waals surface area contributed by atoms with Crippen LogP contribution in [-0.2, 0) is 0 Å². The molecule has 1 aliphatic heterocycles. The Balaban J connectivity index is 1.44. The molecule has 8 heteroatoms. The van der Waals surface area contributed by atoms with Crippen molar-refractivity contribution in [3.05, 3.63) is 60.9 Å². The Bertz CT molecular complexity index is 1210. The molecule has 1 N–H and O–H groups in total. The van der Waals surface area contributed by atoms with Crippen molar-refractivity contribution in [2.24, 2.45) is 0 Å². The number of fused-ring (bicyclic) bond motifs is 1. The summed E-state index contributed by atoms with van der Waals surface area (Å²) in [5.41, 5.74) is 5.06.